The maximum absolute atomic E-state index is 13.3. The maximum Gasteiger partial charge on any atom is 0.339 e. The molecule has 0 saturated carbocycles. The molecule has 0 unspecified atom stereocenters. The number of esters is 1. The van der Waals surface area contributed by atoms with Crippen molar-refractivity contribution in [1.29, 1.82) is 0 Å². The van der Waals surface area contributed by atoms with E-state index >= 15 is 0 Å². The van der Waals surface area contributed by atoms with E-state index in [2.05, 4.69) is 0 Å². The number of benzene rings is 2. The van der Waals surface area contributed by atoms with Gasteiger partial charge in [0.1, 0.15) is 11.6 Å². The minimum Gasteiger partial charge on any atom is -0.444 e. The summed E-state index contributed by atoms with van der Waals surface area (Å²) in [4.78, 5) is 26.7. The first-order valence-corrected chi connectivity index (χ1v) is 8.05. The number of nitrogens with zero attached hydrogens (tertiary/aromatic N) is 1. The van der Waals surface area contributed by atoms with Crippen molar-refractivity contribution in [1.82, 2.24) is 4.90 Å². The normalized spacial score (nSPS) is 15.0. The first kappa shape index (κ1) is 17.1. The van der Waals surface area contributed by atoms with E-state index in [1.54, 1.807) is 35.2 Å². The van der Waals surface area contributed by atoms with Crippen molar-refractivity contribution >= 4 is 11.9 Å². The van der Waals surface area contributed by atoms with Crippen LogP contribution in [0.4, 0.5) is 8.78 Å². The van der Waals surface area contributed by atoms with Gasteiger partial charge in [0, 0.05) is 24.7 Å². The van der Waals surface area contributed by atoms with Crippen LogP contribution in [-0.4, -0.2) is 29.9 Å². The zero-order valence-corrected chi connectivity index (χ0v) is 13.5. The van der Waals surface area contributed by atoms with Crippen molar-refractivity contribution in [2.24, 2.45) is 0 Å². The summed E-state index contributed by atoms with van der Waals surface area (Å²) >= 11 is 0. The lowest BCUT2D eigenvalue weighted by atomic mass is 10.1. The quantitative estimate of drug-likeness (QED) is 0.797. The summed E-state index contributed by atoms with van der Waals surface area (Å²) in [6.07, 6.45) is 0.658. The van der Waals surface area contributed by atoms with Crippen LogP contribution in [0.1, 0.15) is 34.9 Å². The van der Waals surface area contributed by atoms with Crippen LogP contribution in [-0.2, 0) is 9.53 Å². The number of rotatable bonds is 4. The molecule has 130 valence electrons. The average Bonchev–Trinajstić information content (AvgIpc) is 3.13. The summed E-state index contributed by atoms with van der Waals surface area (Å²) < 4.78 is 32.0. The molecule has 0 spiro atoms. The lowest BCUT2D eigenvalue weighted by Crippen LogP contribution is -2.34. The van der Waals surface area contributed by atoms with E-state index in [9.17, 15) is 18.4 Å². The highest BCUT2D eigenvalue weighted by molar-refractivity contribution is 5.92. The molecule has 1 heterocycles. The number of hydrogen-bond acceptors (Lipinski definition) is 3. The first-order chi connectivity index (χ1) is 12.0. The molecule has 1 atom stereocenters. The second-order valence-corrected chi connectivity index (χ2v) is 5.89. The van der Waals surface area contributed by atoms with Crippen LogP contribution in [0.5, 0.6) is 0 Å². The zero-order valence-electron chi connectivity index (χ0n) is 13.5. The van der Waals surface area contributed by atoms with Crippen LogP contribution in [0.3, 0.4) is 0 Å². The van der Waals surface area contributed by atoms with Gasteiger partial charge in [-0.2, -0.15) is 0 Å². The number of amides is 1. The largest absolute Gasteiger partial charge is 0.444 e. The summed E-state index contributed by atoms with van der Waals surface area (Å²) in [5, 5.41) is 0. The molecule has 4 nitrogen and oxygen atoms in total. The Morgan fingerprint density at radius 3 is 2.16 bits per heavy atom. The number of halogens is 2. The Kier molecular flexibility index (Phi) is 5.07. The molecule has 1 aliphatic rings. The van der Waals surface area contributed by atoms with Crippen LogP contribution < -0.4 is 0 Å². The smallest absolute Gasteiger partial charge is 0.339 e. The Morgan fingerprint density at radius 2 is 1.56 bits per heavy atom. The fourth-order valence-corrected chi connectivity index (χ4v) is 2.84. The fraction of sp³-hybridized carbons (Fsp3) is 0.263. The van der Waals surface area contributed by atoms with Crippen molar-refractivity contribution < 1.29 is 23.1 Å². The molecule has 0 radical (unpaired) electrons. The molecule has 2 aromatic rings. The highest BCUT2D eigenvalue weighted by Gasteiger charge is 2.31. The summed E-state index contributed by atoms with van der Waals surface area (Å²) in [7, 11) is 0. The standard InChI is InChI=1S/C19H17F2NO3/c20-15-10-14(11-16(21)12-15)19(24)25-17(13-6-2-1-3-7-13)18(23)22-8-4-5-9-22/h1-3,6-7,10-12,17H,4-5,8-9H2/t17-/m0/s1. The number of ether oxygens (including phenoxy) is 1. The number of hydrogen-bond donors (Lipinski definition) is 0. The Balaban J connectivity index is 1.86. The lowest BCUT2D eigenvalue weighted by Gasteiger charge is -2.23. The van der Waals surface area contributed by atoms with Crippen LogP contribution in [0, 0.1) is 11.6 Å². The number of carbonyl (C=O) groups is 2. The third-order valence-corrected chi connectivity index (χ3v) is 4.07. The van der Waals surface area contributed by atoms with Gasteiger partial charge in [-0.1, -0.05) is 30.3 Å². The Morgan fingerprint density at radius 1 is 0.960 bits per heavy atom. The van der Waals surface area contributed by atoms with E-state index in [0.29, 0.717) is 24.7 Å². The van der Waals surface area contributed by atoms with Crippen molar-refractivity contribution in [2.45, 2.75) is 18.9 Å². The predicted molar refractivity (Wildman–Crippen MR) is 86.8 cm³/mol. The van der Waals surface area contributed by atoms with Crippen molar-refractivity contribution in [3.05, 3.63) is 71.3 Å². The number of likely N-dealkylation sites (tertiary alicyclic amines) is 1. The van der Waals surface area contributed by atoms with Gasteiger partial charge in [0.15, 0.2) is 0 Å². The Hall–Kier alpha value is -2.76. The molecule has 3 rings (SSSR count). The molecule has 0 bridgehead atoms. The van der Waals surface area contributed by atoms with Gasteiger partial charge in [0.25, 0.3) is 5.91 Å². The first-order valence-electron chi connectivity index (χ1n) is 8.05. The van der Waals surface area contributed by atoms with Gasteiger partial charge in [0.05, 0.1) is 5.56 Å². The van der Waals surface area contributed by atoms with E-state index in [1.165, 1.54) is 0 Å². The molecule has 1 aliphatic heterocycles. The predicted octanol–water partition coefficient (Wildman–Crippen LogP) is 3.49. The lowest BCUT2D eigenvalue weighted by molar-refractivity contribution is -0.140. The van der Waals surface area contributed by atoms with Gasteiger partial charge in [-0.3, -0.25) is 4.79 Å². The van der Waals surface area contributed by atoms with E-state index in [0.717, 1.165) is 25.0 Å². The Labute approximate surface area is 144 Å². The van der Waals surface area contributed by atoms with E-state index < -0.39 is 23.7 Å². The molecule has 25 heavy (non-hydrogen) atoms. The molecular formula is C19H17F2NO3. The average molecular weight is 345 g/mol. The second kappa shape index (κ2) is 7.42. The topological polar surface area (TPSA) is 46.6 Å². The highest BCUT2D eigenvalue weighted by Crippen LogP contribution is 2.24. The van der Waals surface area contributed by atoms with Crippen LogP contribution in [0.25, 0.3) is 0 Å². The third-order valence-electron chi connectivity index (χ3n) is 4.07. The van der Waals surface area contributed by atoms with Crippen LogP contribution >= 0.6 is 0 Å². The minimum absolute atomic E-state index is 0.271. The zero-order chi connectivity index (χ0) is 17.8. The molecular weight excluding hydrogens is 328 g/mol. The van der Waals surface area contributed by atoms with Gasteiger partial charge in [-0.15, -0.1) is 0 Å². The molecule has 0 aromatic heterocycles. The van der Waals surface area contributed by atoms with E-state index in [-0.39, 0.29) is 11.5 Å². The van der Waals surface area contributed by atoms with Gasteiger partial charge in [-0.25, -0.2) is 13.6 Å². The molecule has 1 fully saturated rings. The van der Waals surface area contributed by atoms with Gasteiger partial charge < -0.3 is 9.64 Å². The highest BCUT2D eigenvalue weighted by atomic mass is 19.1. The van der Waals surface area contributed by atoms with E-state index in [1.807, 2.05) is 0 Å². The van der Waals surface area contributed by atoms with E-state index in [4.69, 9.17) is 4.74 Å². The van der Waals surface area contributed by atoms with Gasteiger partial charge in [0.2, 0.25) is 6.10 Å². The fourth-order valence-electron chi connectivity index (χ4n) is 2.84. The minimum atomic E-state index is -1.14. The molecule has 1 amide bonds. The summed E-state index contributed by atoms with van der Waals surface area (Å²) in [5.74, 6) is -3.03. The van der Waals surface area contributed by atoms with Gasteiger partial charge >= 0.3 is 5.97 Å². The summed E-state index contributed by atoms with van der Waals surface area (Å²) in [5.41, 5.74) is 0.247. The van der Waals surface area contributed by atoms with Crippen molar-refractivity contribution in [3.8, 4) is 0 Å². The molecule has 6 heteroatoms. The molecule has 1 saturated heterocycles. The molecule has 0 N–H and O–H groups in total. The van der Waals surface area contributed by atoms with Crippen LogP contribution in [0.15, 0.2) is 48.5 Å². The van der Waals surface area contributed by atoms with Crippen molar-refractivity contribution in [2.75, 3.05) is 13.1 Å². The molecule has 2 aromatic carbocycles. The third kappa shape index (κ3) is 4.02. The SMILES string of the molecule is O=C(O[C@H](C(=O)N1CCCC1)c1ccccc1)c1cc(F)cc(F)c1. The van der Waals surface area contributed by atoms with Crippen LogP contribution in [0.2, 0.25) is 0 Å². The van der Waals surface area contributed by atoms with Gasteiger partial charge in [-0.05, 0) is 25.0 Å². The maximum atomic E-state index is 13.3. The summed E-state index contributed by atoms with van der Waals surface area (Å²) in [6, 6.07) is 11.0. The van der Waals surface area contributed by atoms with Crippen molar-refractivity contribution in [3.63, 3.8) is 0 Å². The Bertz CT molecular complexity index is 753. The monoisotopic (exact) mass is 345 g/mol. The summed E-state index contributed by atoms with van der Waals surface area (Å²) in [6.45, 7) is 1.21. The number of carbonyl (C=O) groups excluding carboxylic acids is 2. The molecule has 0 aliphatic carbocycles. The second-order valence-electron chi connectivity index (χ2n) is 5.89.